The Kier molecular flexibility index (Phi) is 13.9. The van der Waals surface area contributed by atoms with Gasteiger partial charge in [0.2, 0.25) is 0 Å². The van der Waals surface area contributed by atoms with E-state index in [0.717, 1.165) is 17.7 Å². The first-order valence-electron chi connectivity index (χ1n) is 12.5. The van der Waals surface area contributed by atoms with E-state index in [1.54, 1.807) is 0 Å². The van der Waals surface area contributed by atoms with Gasteiger partial charge in [-0.25, -0.2) is 0 Å². The number of esters is 2. The molecule has 0 amide bonds. The van der Waals surface area contributed by atoms with Crippen LogP contribution in [0.25, 0.3) is 0 Å². The summed E-state index contributed by atoms with van der Waals surface area (Å²) in [4.78, 5) is 23.8. The van der Waals surface area contributed by atoms with Gasteiger partial charge in [-0.2, -0.15) is 0 Å². The Morgan fingerprint density at radius 3 is 2.18 bits per heavy atom. The fraction of sp³-hybridized carbons (Fsp3) is 0.448. The highest BCUT2D eigenvalue weighted by Crippen LogP contribution is 2.22. The maximum absolute atomic E-state index is 12.0. The molecule has 34 heavy (non-hydrogen) atoms. The summed E-state index contributed by atoms with van der Waals surface area (Å²) < 4.78 is 16.2. The van der Waals surface area contributed by atoms with Crippen LogP contribution in [0.15, 0.2) is 66.7 Å². The first-order valence-corrected chi connectivity index (χ1v) is 12.5. The summed E-state index contributed by atoms with van der Waals surface area (Å²) in [5.41, 5.74) is 0.815. The molecule has 2 aromatic carbocycles. The van der Waals surface area contributed by atoms with Gasteiger partial charge in [0.1, 0.15) is 24.7 Å². The second-order valence-electron chi connectivity index (χ2n) is 8.29. The molecule has 0 aliphatic carbocycles. The molecule has 0 saturated heterocycles. The second kappa shape index (κ2) is 17.4. The number of unbranched alkanes of at least 4 members (excludes halogenated alkanes) is 7. The van der Waals surface area contributed by atoms with Crippen LogP contribution in [0.3, 0.4) is 0 Å². The standard InChI is InChI=1S/C29H38O5/c1-2-3-4-5-6-7-8-9-10-14-22-32-28(30)20-21-29(31)33-24-25-16-15-19-27(23-25)34-26-17-12-11-13-18-26/h10-19,23H,2-9,20-22,24H2,1H3/b14-10+. The van der Waals surface area contributed by atoms with E-state index in [1.165, 1.54) is 44.9 Å². The van der Waals surface area contributed by atoms with Crippen LogP contribution >= 0.6 is 0 Å². The minimum absolute atomic E-state index is 0.000779. The average Bonchev–Trinajstić information content (AvgIpc) is 2.85. The minimum atomic E-state index is -0.430. The van der Waals surface area contributed by atoms with Crippen LogP contribution in [-0.2, 0) is 25.7 Å². The highest BCUT2D eigenvalue weighted by Gasteiger charge is 2.09. The van der Waals surface area contributed by atoms with Gasteiger partial charge in [0.15, 0.2) is 0 Å². The monoisotopic (exact) mass is 466 g/mol. The predicted octanol–water partition coefficient (Wildman–Crippen LogP) is 7.54. The Hall–Kier alpha value is -3.08. The summed E-state index contributed by atoms with van der Waals surface area (Å²) >= 11 is 0. The van der Waals surface area contributed by atoms with Crippen molar-refractivity contribution < 1.29 is 23.8 Å². The Bertz CT molecular complexity index is 860. The molecule has 0 aliphatic heterocycles. The molecule has 2 rings (SSSR count). The fourth-order valence-electron chi connectivity index (χ4n) is 3.38. The zero-order valence-electron chi connectivity index (χ0n) is 20.4. The van der Waals surface area contributed by atoms with Gasteiger partial charge in [-0.15, -0.1) is 0 Å². The zero-order valence-corrected chi connectivity index (χ0v) is 20.4. The number of benzene rings is 2. The number of para-hydroxylation sites is 1. The lowest BCUT2D eigenvalue weighted by molar-refractivity contribution is -0.150. The predicted molar refractivity (Wildman–Crippen MR) is 135 cm³/mol. The number of hydrogen-bond acceptors (Lipinski definition) is 5. The van der Waals surface area contributed by atoms with E-state index in [4.69, 9.17) is 14.2 Å². The van der Waals surface area contributed by atoms with Gasteiger partial charge in [-0.05, 0) is 42.7 Å². The van der Waals surface area contributed by atoms with Crippen LogP contribution in [-0.4, -0.2) is 18.5 Å². The van der Waals surface area contributed by atoms with E-state index < -0.39 is 11.9 Å². The van der Waals surface area contributed by atoms with Gasteiger partial charge >= 0.3 is 11.9 Å². The molecule has 0 N–H and O–H groups in total. The average molecular weight is 467 g/mol. The summed E-state index contributed by atoms with van der Waals surface area (Å²) in [6, 6.07) is 16.9. The summed E-state index contributed by atoms with van der Waals surface area (Å²) in [6.45, 7) is 2.60. The van der Waals surface area contributed by atoms with E-state index >= 15 is 0 Å². The number of rotatable bonds is 17. The fourth-order valence-corrected chi connectivity index (χ4v) is 3.38. The molecule has 5 heteroatoms. The molecule has 0 atom stereocenters. The Balaban J connectivity index is 1.53. The molecule has 5 nitrogen and oxygen atoms in total. The van der Waals surface area contributed by atoms with E-state index in [9.17, 15) is 9.59 Å². The van der Waals surface area contributed by atoms with Crippen molar-refractivity contribution in [1.82, 2.24) is 0 Å². The first kappa shape index (κ1) is 27.2. The molecule has 0 aliphatic rings. The van der Waals surface area contributed by atoms with Crippen molar-refractivity contribution in [3.05, 3.63) is 72.3 Å². The van der Waals surface area contributed by atoms with E-state index in [0.29, 0.717) is 5.75 Å². The molecular formula is C29H38O5. The third-order valence-electron chi connectivity index (χ3n) is 5.29. The molecule has 0 heterocycles. The van der Waals surface area contributed by atoms with E-state index in [1.807, 2.05) is 60.7 Å². The topological polar surface area (TPSA) is 61.8 Å². The van der Waals surface area contributed by atoms with Crippen LogP contribution in [0, 0.1) is 0 Å². The minimum Gasteiger partial charge on any atom is -0.461 e. The molecule has 2 aromatic rings. The summed E-state index contributed by atoms with van der Waals surface area (Å²) in [7, 11) is 0. The Labute approximate surface area is 204 Å². The highest BCUT2D eigenvalue weighted by molar-refractivity contribution is 5.77. The number of carbonyl (C=O) groups excluding carboxylic acids is 2. The normalized spacial score (nSPS) is 10.9. The molecular weight excluding hydrogens is 428 g/mol. The van der Waals surface area contributed by atoms with Crippen LogP contribution < -0.4 is 4.74 Å². The van der Waals surface area contributed by atoms with Crippen LogP contribution in [0.1, 0.15) is 76.7 Å². The van der Waals surface area contributed by atoms with Crippen LogP contribution in [0.4, 0.5) is 0 Å². The third-order valence-corrected chi connectivity index (χ3v) is 5.29. The Morgan fingerprint density at radius 1 is 0.735 bits per heavy atom. The van der Waals surface area contributed by atoms with Gasteiger partial charge in [-0.3, -0.25) is 9.59 Å². The lowest BCUT2D eigenvalue weighted by atomic mass is 10.1. The lowest BCUT2D eigenvalue weighted by Gasteiger charge is -2.08. The summed E-state index contributed by atoms with van der Waals surface area (Å²) in [5, 5.41) is 0. The van der Waals surface area contributed by atoms with Gasteiger partial charge in [0.25, 0.3) is 0 Å². The van der Waals surface area contributed by atoms with Gasteiger partial charge in [0.05, 0.1) is 12.8 Å². The van der Waals surface area contributed by atoms with Crippen LogP contribution in [0.5, 0.6) is 11.5 Å². The van der Waals surface area contributed by atoms with Crippen molar-refractivity contribution in [3.8, 4) is 11.5 Å². The number of hydrogen-bond donors (Lipinski definition) is 0. The van der Waals surface area contributed by atoms with E-state index in [2.05, 4.69) is 13.0 Å². The van der Waals surface area contributed by atoms with E-state index in [-0.39, 0.29) is 26.1 Å². The maximum Gasteiger partial charge on any atom is 0.306 e. The largest absolute Gasteiger partial charge is 0.461 e. The lowest BCUT2D eigenvalue weighted by Crippen LogP contribution is -2.10. The molecule has 0 aromatic heterocycles. The molecule has 0 unspecified atom stereocenters. The number of ether oxygens (including phenoxy) is 3. The molecule has 0 radical (unpaired) electrons. The Morgan fingerprint density at radius 2 is 1.41 bits per heavy atom. The first-order chi connectivity index (χ1) is 16.7. The van der Waals surface area contributed by atoms with Crippen molar-refractivity contribution in [2.45, 2.75) is 77.7 Å². The van der Waals surface area contributed by atoms with Gasteiger partial charge in [0, 0.05) is 0 Å². The van der Waals surface area contributed by atoms with Gasteiger partial charge in [-0.1, -0.05) is 87.9 Å². The summed E-state index contributed by atoms with van der Waals surface area (Å²) in [5.74, 6) is 0.586. The molecule has 0 bridgehead atoms. The molecule has 184 valence electrons. The van der Waals surface area contributed by atoms with Gasteiger partial charge < -0.3 is 14.2 Å². The molecule has 0 fully saturated rings. The SMILES string of the molecule is CCCCCCCCC/C=C/COC(=O)CCC(=O)OCc1cccc(Oc2ccccc2)c1. The number of allylic oxidation sites excluding steroid dienone is 1. The van der Waals surface area contributed by atoms with Crippen molar-refractivity contribution in [2.24, 2.45) is 0 Å². The molecule has 0 saturated carbocycles. The molecule has 0 spiro atoms. The van der Waals surface area contributed by atoms with Crippen molar-refractivity contribution in [1.29, 1.82) is 0 Å². The van der Waals surface area contributed by atoms with Crippen LogP contribution in [0.2, 0.25) is 0 Å². The number of carbonyl (C=O) groups is 2. The maximum atomic E-state index is 12.0. The highest BCUT2D eigenvalue weighted by atomic mass is 16.5. The van der Waals surface area contributed by atoms with Crippen molar-refractivity contribution in [3.63, 3.8) is 0 Å². The second-order valence-corrected chi connectivity index (χ2v) is 8.29. The third kappa shape index (κ3) is 12.8. The van der Waals surface area contributed by atoms with Crippen molar-refractivity contribution in [2.75, 3.05) is 6.61 Å². The summed E-state index contributed by atoms with van der Waals surface area (Å²) in [6.07, 6.45) is 14.0. The van der Waals surface area contributed by atoms with Crippen molar-refractivity contribution >= 4 is 11.9 Å². The smallest absolute Gasteiger partial charge is 0.306 e. The zero-order chi connectivity index (χ0) is 24.3. The quantitative estimate of drug-likeness (QED) is 0.137.